The van der Waals surface area contributed by atoms with E-state index in [4.69, 9.17) is 11.2 Å². The molecule has 22 heavy (non-hydrogen) atoms. The molecule has 0 heterocycles. The molecule has 2 aliphatic carbocycles. The Balaban J connectivity index is 1.63. The van der Waals surface area contributed by atoms with Gasteiger partial charge in [0.1, 0.15) is 6.10 Å². The minimum absolute atomic E-state index is 0.0462. The summed E-state index contributed by atoms with van der Waals surface area (Å²) in [5.74, 6) is 4.21. The molecule has 0 aromatic heterocycles. The van der Waals surface area contributed by atoms with E-state index >= 15 is 0 Å². The van der Waals surface area contributed by atoms with Crippen molar-refractivity contribution in [2.75, 3.05) is 0 Å². The second-order valence-electron chi connectivity index (χ2n) is 7.29. The summed E-state index contributed by atoms with van der Waals surface area (Å²) in [4.78, 5) is 12.3. The fourth-order valence-electron chi connectivity index (χ4n) is 3.98. The number of unbranched alkanes of at least 4 members (excludes halogenated alkanes) is 2. The van der Waals surface area contributed by atoms with Crippen molar-refractivity contribution in [2.24, 2.45) is 17.8 Å². The Bertz CT molecular complexity index is 366. The molecular weight excluding hydrogens is 272 g/mol. The second-order valence-corrected chi connectivity index (χ2v) is 7.29. The molecule has 2 fully saturated rings. The lowest BCUT2D eigenvalue weighted by Crippen LogP contribution is -2.30. The van der Waals surface area contributed by atoms with Gasteiger partial charge in [-0.1, -0.05) is 32.6 Å². The number of rotatable bonds is 6. The summed E-state index contributed by atoms with van der Waals surface area (Å²) in [5.41, 5.74) is 0. The predicted molar refractivity (Wildman–Crippen MR) is 90.3 cm³/mol. The average Bonchev–Trinajstić information content (AvgIpc) is 2.57. The van der Waals surface area contributed by atoms with Crippen LogP contribution in [0.4, 0.5) is 0 Å². The highest BCUT2D eigenvalue weighted by Gasteiger charge is 2.30. The Labute approximate surface area is 136 Å². The molecular formula is C20H32O2. The minimum Gasteiger partial charge on any atom is -0.462 e. The van der Waals surface area contributed by atoms with Gasteiger partial charge in [-0.05, 0) is 57.3 Å². The summed E-state index contributed by atoms with van der Waals surface area (Å²) >= 11 is 0. The van der Waals surface area contributed by atoms with Crippen LogP contribution in [0.5, 0.6) is 0 Å². The number of ether oxygens (including phenoxy) is 1. The van der Waals surface area contributed by atoms with Crippen molar-refractivity contribution in [2.45, 2.75) is 90.1 Å². The van der Waals surface area contributed by atoms with Crippen molar-refractivity contribution in [1.82, 2.24) is 0 Å². The van der Waals surface area contributed by atoms with Gasteiger partial charge >= 0.3 is 5.97 Å². The van der Waals surface area contributed by atoms with Gasteiger partial charge in [0.2, 0.25) is 0 Å². The lowest BCUT2D eigenvalue weighted by Gasteiger charge is -2.30. The van der Waals surface area contributed by atoms with Crippen LogP contribution in [-0.4, -0.2) is 12.1 Å². The van der Waals surface area contributed by atoms with Crippen molar-refractivity contribution in [3.05, 3.63) is 0 Å². The smallest absolute Gasteiger partial charge is 0.309 e. The maximum atomic E-state index is 12.3. The number of esters is 1. The number of hydrogen-bond donors (Lipinski definition) is 0. The van der Waals surface area contributed by atoms with E-state index < -0.39 is 0 Å². The van der Waals surface area contributed by atoms with Gasteiger partial charge < -0.3 is 4.74 Å². The number of terminal acetylenes is 1. The Kier molecular flexibility index (Phi) is 7.30. The molecule has 2 rings (SSSR count). The number of carbonyl (C=O) groups is 1. The highest BCUT2D eigenvalue weighted by molar-refractivity contribution is 5.72. The molecule has 124 valence electrons. The molecule has 0 aliphatic heterocycles. The van der Waals surface area contributed by atoms with Crippen molar-refractivity contribution in [3.8, 4) is 12.3 Å². The lowest BCUT2D eigenvalue weighted by atomic mass is 9.82. The van der Waals surface area contributed by atoms with Crippen molar-refractivity contribution < 1.29 is 9.53 Å². The van der Waals surface area contributed by atoms with Gasteiger partial charge in [0, 0.05) is 5.92 Å². The first-order valence-electron chi connectivity index (χ1n) is 9.39. The van der Waals surface area contributed by atoms with Gasteiger partial charge in [0.05, 0.1) is 5.92 Å². The third-order valence-electron chi connectivity index (χ3n) is 5.59. The van der Waals surface area contributed by atoms with Gasteiger partial charge in [-0.15, -0.1) is 12.3 Å². The van der Waals surface area contributed by atoms with Crippen LogP contribution >= 0.6 is 0 Å². The lowest BCUT2D eigenvalue weighted by molar-refractivity contribution is -0.157. The van der Waals surface area contributed by atoms with E-state index in [1.165, 1.54) is 38.5 Å². The number of hydrogen-bond acceptors (Lipinski definition) is 2. The Morgan fingerprint density at radius 3 is 2.32 bits per heavy atom. The monoisotopic (exact) mass is 304 g/mol. The molecule has 2 aliphatic rings. The van der Waals surface area contributed by atoms with Gasteiger partial charge in [0.25, 0.3) is 0 Å². The van der Waals surface area contributed by atoms with Crippen molar-refractivity contribution in [3.63, 3.8) is 0 Å². The van der Waals surface area contributed by atoms with Crippen molar-refractivity contribution >= 4 is 5.97 Å². The standard InChI is InChI=1S/C20H32O2/c1-3-5-6-7-17-10-14-19(15-11-17)22-20(21)18-12-8-16(4-2)9-13-18/h2,16-19H,3,5-15H2,1H3/t16-,17-,18-,19-. The van der Waals surface area contributed by atoms with E-state index in [0.29, 0.717) is 5.92 Å². The summed E-state index contributed by atoms with van der Waals surface area (Å²) in [6.07, 6.45) is 19.5. The third-order valence-corrected chi connectivity index (χ3v) is 5.59. The first kappa shape index (κ1) is 17.4. The van der Waals surface area contributed by atoms with Crippen LogP contribution in [-0.2, 0) is 9.53 Å². The quantitative estimate of drug-likeness (QED) is 0.387. The predicted octanol–water partition coefficient (Wildman–Crippen LogP) is 5.11. The summed E-state index contributed by atoms with van der Waals surface area (Å²) in [6.45, 7) is 2.26. The molecule has 2 saturated carbocycles. The topological polar surface area (TPSA) is 26.3 Å². The molecule has 0 saturated heterocycles. The van der Waals surface area contributed by atoms with Crippen molar-refractivity contribution in [1.29, 1.82) is 0 Å². The molecule has 0 radical (unpaired) electrons. The SMILES string of the molecule is C#C[C@H]1CC[C@H](C(=O)O[C@H]2CC[C@H](CCCCC)CC2)CC1. The summed E-state index contributed by atoms with van der Waals surface area (Å²) in [6, 6.07) is 0. The van der Waals surface area contributed by atoms with Gasteiger partial charge in [-0.2, -0.15) is 0 Å². The molecule has 0 amide bonds. The number of carbonyl (C=O) groups excluding carboxylic acids is 1. The maximum Gasteiger partial charge on any atom is 0.309 e. The molecule has 0 spiro atoms. The molecule has 0 bridgehead atoms. The normalized spacial score (nSPS) is 32.2. The second kappa shape index (κ2) is 9.23. The van der Waals surface area contributed by atoms with Crippen LogP contribution in [0.15, 0.2) is 0 Å². The Morgan fingerprint density at radius 2 is 1.73 bits per heavy atom. The zero-order chi connectivity index (χ0) is 15.8. The first-order chi connectivity index (χ1) is 10.7. The Hall–Kier alpha value is -0.970. The van der Waals surface area contributed by atoms with E-state index in [1.54, 1.807) is 0 Å². The first-order valence-corrected chi connectivity index (χ1v) is 9.39. The third kappa shape index (κ3) is 5.34. The zero-order valence-electron chi connectivity index (χ0n) is 14.2. The van der Waals surface area contributed by atoms with E-state index in [9.17, 15) is 4.79 Å². The average molecular weight is 304 g/mol. The molecule has 2 heteroatoms. The Morgan fingerprint density at radius 1 is 1.05 bits per heavy atom. The highest BCUT2D eigenvalue weighted by Crippen LogP contribution is 2.33. The van der Waals surface area contributed by atoms with E-state index in [0.717, 1.165) is 44.4 Å². The molecule has 0 aromatic carbocycles. The fourth-order valence-corrected chi connectivity index (χ4v) is 3.98. The van der Waals surface area contributed by atoms with Crippen LogP contribution in [0, 0.1) is 30.1 Å². The fraction of sp³-hybridized carbons (Fsp3) is 0.850. The summed E-state index contributed by atoms with van der Waals surface area (Å²) < 4.78 is 5.78. The van der Waals surface area contributed by atoms with Crippen LogP contribution < -0.4 is 0 Å². The van der Waals surface area contributed by atoms with E-state index in [-0.39, 0.29) is 18.0 Å². The molecule has 2 nitrogen and oxygen atoms in total. The van der Waals surface area contributed by atoms with Gasteiger partial charge in [-0.3, -0.25) is 4.79 Å². The molecule has 0 N–H and O–H groups in total. The van der Waals surface area contributed by atoms with E-state index in [2.05, 4.69) is 12.8 Å². The van der Waals surface area contributed by atoms with Crippen LogP contribution in [0.25, 0.3) is 0 Å². The highest BCUT2D eigenvalue weighted by atomic mass is 16.5. The van der Waals surface area contributed by atoms with Gasteiger partial charge in [0.15, 0.2) is 0 Å². The maximum absolute atomic E-state index is 12.3. The van der Waals surface area contributed by atoms with Crippen LogP contribution in [0.1, 0.15) is 84.0 Å². The molecule has 0 atom stereocenters. The molecule has 0 aromatic rings. The largest absolute Gasteiger partial charge is 0.462 e. The summed E-state index contributed by atoms with van der Waals surface area (Å²) in [5, 5.41) is 0. The van der Waals surface area contributed by atoms with Gasteiger partial charge in [-0.25, -0.2) is 0 Å². The summed E-state index contributed by atoms with van der Waals surface area (Å²) in [7, 11) is 0. The zero-order valence-corrected chi connectivity index (χ0v) is 14.2. The van der Waals surface area contributed by atoms with E-state index in [1.807, 2.05) is 0 Å². The minimum atomic E-state index is 0.0462. The van der Waals surface area contributed by atoms with Crippen LogP contribution in [0.3, 0.4) is 0 Å². The molecule has 0 unspecified atom stereocenters. The van der Waals surface area contributed by atoms with Crippen LogP contribution in [0.2, 0.25) is 0 Å².